The molecule has 8 nitrogen and oxygen atoms in total. The zero-order chi connectivity index (χ0) is 21.1. The van der Waals surface area contributed by atoms with E-state index in [0.29, 0.717) is 25.3 Å². The van der Waals surface area contributed by atoms with Gasteiger partial charge in [-0.25, -0.2) is 0 Å². The molecular formula is C22H29N7O. The maximum atomic E-state index is 12.4. The summed E-state index contributed by atoms with van der Waals surface area (Å²) in [4.78, 5) is 16.8. The number of aromatic nitrogens is 4. The van der Waals surface area contributed by atoms with E-state index in [0.717, 1.165) is 42.4 Å². The van der Waals surface area contributed by atoms with Crippen molar-refractivity contribution in [3.8, 4) is 11.4 Å². The number of hydrogen-bond acceptors (Lipinski definition) is 6. The quantitative estimate of drug-likeness (QED) is 0.615. The van der Waals surface area contributed by atoms with Gasteiger partial charge in [-0.15, -0.1) is 15.3 Å². The second-order valence-electron chi connectivity index (χ2n) is 7.72. The summed E-state index contributed by atoms with van der Waals surface area (Å²) in [6.07, 6.45) is 0. The average Bonchev–Trinajstić information content (AvgIpc) is 3.14. The minimum Gasteiger partial charge on any atom is -0.354 e. The van der Waals surface area contributed by atoms with Crippen molar-refractivity contribution < 1.29 is 4.79 Å². The number of fused-ring (bicyclic) bond motifs is 1. The fraction of sp³-hybridized carbons (Fsp3) is 0.455. The van der Waals surface area contributed by atoms with Crippen LogP contribution in [0.3, 0.4) is 0 Å². The molecule has 1 aromatic carbocycles. The first-order valence-corrected chi connectivity index (χ1v) is 10.6. The van der Waals surface area contributed by atoms with Gasteiger partial charge in [0.25, 0.3) is 0 Å². The molecule has 1 aliphatic heterocycles. The van der Waals surface area contributed by atoms with E-state index in [1.54, 1.807) is 4.52 Å². The van der Waals surface area contributed by atoms with Crippen LogP contribution in [0.15, 0.2) is 36.4 Å². The molecule has 4 rings (SSSR count). The van der Waals surface area contributed by atoms with Gasteiger partial charge in [-0.05, 0) is 37.7 Å². The minimum atomic E-state index is 0.0101. The summed E-state index contributed by atoms with van der Waals surface area (Å²) in [5.41, 5.74) is 2.86. The van der Waals surface area contributed by atoms with E-state index in [1.807, 2.05) is 30.3 Å². The van der Waals surface area contributed by atoms with Gasteiger partial charge >= 0.3 is 0 Å². The molecule has 3 heterocycles. The van der Waals surface area contributed by atoms with Gasteiger partial charge in [0.15, 0.2) is 11.5 Å². The van der Waals surface area contributed by atoms with E-state index >= 15 is 0 Å². The summed E-state index contributed by atoms with van der Waals surface area (Å²) in [6.45, 7) is 11.3. The maximum Gasteiger partial charge on any atom is 0.226 e. The van der Waals surface area contributed by atoms with Crippen LogP contribution in [0.2, 0.25) is 0 Å². The topological polar surface area (TPSA) is 78.7 Å². The minimum absolute atomic E-state index is 0.0101. The molecule has 3 aromatic rings. The number of anilines is 1. The molecule has 1 fully saturated rings. The lowest BCUT2D eigenvalue weighted by Crippen LogP contribution is -2.54. The van der Waals surface area contributed by atoms with Crippen molar-refractivity contribution in [1.82, 2.24) is 30.0 Å². The van der Waals surface area contributed by atoms with Gasteiger partial charge in [0.1, 0.15) is 5.82 Å². The second-order valence-corrected chi connectivity index (χ2v) is 7.72. The van der Waals surface area contributed by atoms with Crippen LogP contribution < -0.4 is 10.2 Å². The Bertz CT molecular complexity index is 1020. The molecule has 0 unspecified atom stereocenters. The Balaban J connectivity index is 1.40. The van der Waals surface area contributed by atoms with E-state index in [2.05, 4.69) is 52.2 Å². The molecule has 1 N–H and O–H groups in total. The Morgan fingerprint density at radius 1 is 1.13 bits per heavy atom. The summed E-state index contributed by atoms with van der Waals surface area (Å²) in [5.74, 6) is 1.71. The van der Waals surface area contributed by atoms with Crippen molar-refractivity contribution in [1.29, 1.82) is 0 Å². The molecule has 30 heavy (non-hydrogen) atoms. The number of rotatable bonds is 8. The summed E-state index contributed by atoms with van der Waals surface area (Å²) in [6, 6.07) is 12.0. The average molecular weight is 408 g/mol. The first kappa shape index (κ1) is 20.3. The number of likely N-dealkylation sites (N-methyl/N-ethyl adjacent to an activating group) is 1. The largest absolute Gasteiger partial charge is 0.354 e. The van der Waals surface area contributed by atoms with Crippen molar-refractivity contribution in [2.45, 2.75) is 20.8 Å². The third-order valence-corrected chi connectivity index (χ3v) is 5.83. The van der Waals surface area contributed by atoms with Crippen LogP contribution in [-0.4, -0.2) is 69.9 Å². The van der Waals surface area contributed by atoms with Gasteiger partial charge in [-0.2, -0.15) is 4.52 Å². The number of benzene rings is 1. The lowest BCUT2D eigenvalue weighted by Gasteiger charge is -2.39. The third-order valence-electron chi connectivity index (χ3n) is 5.83. The molecule has 0 spiro atoms. The van der Waals surface area contributed by atoms with Gasteiger partial charge in [0.2, 0.25) is 5.91 Å². The second kappa shape index (κ2) is 8.79. The standard InChI is InChI=1S/C22H29N7O/c1-4-27(5-2)13-12-23-22(30)17-14-28(15-17)20-11-10-19-24-25-21(29(19)26-20)18-9-7-6-8-16(18)3/h6-11,17H,4-5,12-15H2,1-3H3,(H,23,30). The fourth-order valence-electron chi connectivity index (χ4n) is 3.79. The zero-order valence-electron chi connectivity index (χ0n) is 17.9. The van der Waals surface area contributed by atoms with Crippen LogP contribution in [0.25, 0.3) is 17.0 Å². The van der Waals surface area contributed by atoms with Crippen LogP contribution in [0.1, 0.15) is 19.4 Å². The first-order valence-electron chi connectivity index (χ1n) is 10.6. The summed E-state index contributed by atoms with van der Waals surface area (Å²) < 4.78 is 1.79. The normalized spacial score (nSPS) is 14.3. The van der Waals surface area contributed by atoms with Crippen LogP contribution >= 0.6 is 0 Å². The molecule has 1 amide bonds. The highest BCUT2D eigenvalue weighted by Gasteiger charge is 2.33. The number of nitrogens with zero attached hydrogens (tertiary/aromatic N) is 6. The highest BCUT2D eigenvalue weighted by Crippen LogP contribution is 2.25. The monoisotopic (exact) mass is 407 g/mol. The highest BCUT2D eigenvalue weighted by molar-refractivity contribution is 5.81. The van der Waals surface area contributed by atoms with E-state index in [1.165, 1.54) is 0 Å². The molecule has 0 radical (unpaired) electrons. The number of nitrogens with one attached hydrogen (secondary N) is 1. The molecule has 0 atom stereocenters. The van der Waals surface area contributed by atoms with E-state index in [4.69, 9.17) is 5.10 Å². The van der Waals surface area contributed by atoms with Crippen LogP contribution in [0.4, 0.5) is 5.82 Å². The molecule has 8 heteroatoms. The molecule has 0 aliphatic carbocycles. The SMILES string of the molecule is CCN(CC)CCNC(=O)C1CN(c2ccc3nnc(-c4ccccc4C)n3n2)C1. The van der Waals surface area contributed by atoms with Crippen LogP contribution in [0, 0.1) is 12.8 Å². The number of aryl methyl sites for hydroxylation is 1. The molecule has 0 bridgehead atoms. The molecule has 158 valence electrons. The van der Waals surface area contributed by atoms with E-state index in [9.17, 15) is 4.79 Å². The van der Waals surface area contributed by atoms with Gasteiger partial charge in [-0.3, -0.25) is 4.79 Å². The van der Waals surface area contributed by atoms with Crippen molar-refractivity contribution in [2.75, 3.05) is 44.2 Å². The molecular weight excluding hydrogens is 378 g/mol. The van der Waals surface area contributed by atoms with Crippen molar-refractivity contribution in [3.05, 3.63) is 42.0 Å². The Morgan fingerprint density at radius 3 is 2.63 bits per heavy atom. The predicted octanol–water partition coefficient (Wildman–Crippen LogP) is 1.99. The van der Waals surface area contributed by atoms with Crippen molar-refractivity contribution in [3.63, 3.8) is 0 Å². The Hall–Kier alpha value is -3.00. The Morgan fingerprint density at radius 2 is 1.90 bits per heavy atom. The van der Waals surface area contributed by atoms with Gasteiger partial charge in [-0.1, -0.05) is 38.1 Å². The zero-order valence-corrected chi connectivity index (χ0v) is 17.9. The van der Waals surface area contributed by atoms with Crippen LogP contribution in [0.5, 0.6) is 0 Å². The maximum absolute atomic E-state index is 12.4. The van der Waals surface area contributed by atoms with Crippen molar-refractivity contribution in [2.24, 2.45) is 5.92 Å². The van der Waals surface area contributed by atoms with Gasteiger partial charge < -0.3 is 15.1 Å². The summed E-state index contributed by atoms with van der Waals surface area (Å²) >= 11 is 0. The fourth-order valence-corrected chi connectivity index (χ4v) is 3.79. The van der Waals surface area contributed by atoms with Crippen LogP contribution in [-0.2, 0) is 4.79 Å². The Kier molecular flexibility index (Phi) is 5.94. The predicted molar refractivity (Wildman–Crippen MR) is 117 cm³/mol. The molecule has 1 saturated heterocycles. The summed E-state index contributed by atoms with van der Waals surface area (Å²) in [5, 5.41) is 16.4. The number of hydrogen-bond donors (Lipinski definition) is 1. The Labute approximate surface area is 176 Å². The van der Waals surface area contributed by atoms with E-state index < -0.39 is 0 Å². The molecule has 0 saturated carbocycles. The van der Waals surface area contributed by atoms with Gasteiger partial charge in [0, 0.05) is 31.7 Å². The van der Waals surface area contributed by atoms with Gasteiger partial charge in [0.05, 0.1) is 5.92 Å². The lowest BCUT2D eigenvalue weighted by molar-refractivity contribution is -0.125. The van der Waals surface area contributed by atoms with E-state index in [-0.39, 0.29) is 11.8 Å². The number of amides is 1. The smallest absolute Gasteiger partial charge is 0.226 e. The highest BCUT2D eigenvalue weighted by atomic mass is 16.2. The molecule has 2 aromatic heterocycles. The number of carbonyl (C=O) groups is 1. The third kappa shape index (κ3) is 4.00. The number of carbonyl (C=O) groups excluding carboxylic acids is 1. The lowest BCUT2D eigenvalue weighted by atomic mass is 9.99. The first-order chi connectivity index (χ1) is 14.6. The summed E-state index contributed by atoms with van der Waals surface area (Å²) in [7, 11) is 0. The molecule has 1 aliphatic rings. The van der Waals surface area contributed by atoms with Crippen molar-refractivity contribution >= 4 is 17.4 Å².